The van der Waals surface area contributed by atoms with Gasteiger partial charge in [0.05, 0.1) is 27.4 Å². The lowest BCUT2D eigenvalue weighted by Crippen LogP contribution is -2.32. The van der Waals surface area contributed by atoms with E-state index >= 15 is 0 Å². The molecule has 222 valence electrons. The van der Waals surface area contributed by atoms with Gasteiger partial charge in [-0.25, -0.2) is 9.78 Å². The first-order valence-corrected chi connectivity index (χ1v) is 14.3. The first kappa shape index (κ1) is 28.7. The molecule has 6 rings (SSSR count). The number of fused-ring (bicyclic) bond motifs is 2. The van der Waals surface area contributed by atoms with Gasteiger partial charge in [-0.1, -0.05) is 11.8 Å². The molecule has 0 aromatic carbocycles. The number of halogens is 3. The number of nitrogens with zero attached hydrogens (tertiary/aromatic N) is 4. The molecule has 0 amide bonds. The van der Waals surface area contributed by atoms with Gasteiger partial charge in [-0.2, -0.15) is 18.3 Å². The van der Waals surface area contributed by atoms with Crippen LogP contribution in [-0.4, -0.2) is 48.7 Å². The molecule has 1 saturated carbocycles. The van der Waals surface area contributed by atoms with E-state index in [0.29, 0.717) is 41.9 Å². The highest BCUT2D eigenvalue weighted by molar-refractivity contribution is 7.20. The van der Waals surface area contributed by atoms with Crippen molar-refractivity contribution in [1.82, 2.24) is 19.7 Å². The third-order valence-corrected chi connectivity index (χ3v) is 8.30. The Kier molecular flexibility index (Phi) is 7.14. The van der Waals surface area contributed by atoms with Crippen molar-refractivity contribution in [3.05, 3.63) is 48.0 Å². The van der Waals surface area contributed by atoms with Gasteiger partial charge in [0.1, 0.15) is 17.5 Å². The Morgan fingerprint density at radius 1 is 1.19 bits per heavy atom. The van der Waals surface area contributed by atoms with Crippen molar-refractivity contribution < 1.29 is 32.2 Å². The number of furan rings is 1. The first-order chi connectivity index (χ1) is 20.4. The van der Waals surface area contributed by atoms with E-state index in [4.69, 9.17) is 10.2 Å². The highest BCUT2D eigenvalue weighted by Crippen LogP contribution is 2.43. The maximum absolute atomic E-state index is 12.6. The van der Waals surface area contributed by atoms with E-state index in [1.165, 1.54) is 11.3 Å². The number of hydrogen-bond acceptors (Lipinski definition) is 9. The molecular weight excluding hydrogens is 583 g/mol. The number of nitrogens with two attached hydrogens (primary N) is 1. The Balaban J connectivity index is 1.32. The summed E-state index contributed by atoms with van der Waals surface area (Å²) < 4.78 is 51.3. The smallest absolute Gasteiger partial charge is 0.456 e. The third kappa shape index (κ3) is 5.80. The summed E-state index contributed by atoms with van der Waals surface area (Å²) in [6.45, 7) is 3.23. The number of pyridine rings is 2. The molecule has 0 bridgehead atoms. The second-order valence-electron chi connectivity index (χ2n) is 10.9. The summed E-state index contributed by atoms with van der Waals surface area (Å²) in [5.41, 5.74) is 7.71. The molecule has 1 aliphatic rings. The maximum atomic E-state index is 12.6. The van der Waals surface area contributed by atoms with Gasteiger partial charge >= 0.3 is 12.1 Å². The Bertz CT molecular complexity index is 1900. The Hall–Kier alpha value is -4.41. The van der Waals surface area contributed by atoms with Crippen molar-refractivity contribution in [3.8, 4) is 34.3 Å². The number of ether oxygens (including phenoxy) is 1. The molecule has 13 heteroatoms. The topological polar surface area (TPSA) is 129 Å². The fourth-order valence-electron chi connectivity index (χ4n) is 5.21. The number of nitrogen functional groups attached to an aromatic ring is 1. The van der Waals surface area contributed by atoms with Crippen LogP contribution in [0, 0.1) is 11.8 Å². The second kappa shape index (κ2) is 10.7. The van der Waals surface area contributed by atoms with Crippen LogP contribution in [0.4, 0.5) is 19.0 Å². The molecule has 43 heavy (non-hydrogen) atoms. The van der Waals surface area contributed by atoms with Gasteiger partial charge in [-0.15, -0.1) is 11.3 Å². The van der Waals surface area contributed by atoms with Crippen molar-refractivity contribution in [3.63, 3.8) is 0 Å². The quantitative estimate of drug-likeness (QED) is 0.180. The van der Waals surface area contributed by atoms with Crippen molar-refractivity contribution in [2.45, 2.75) is 63.5 Å². The Morgan fingerprint density at radius 3 is 2.67 bits per heavy atom. The molecule has 1 aliphatic carbocycles. The molecule has 0 unspecified atom stereocenters. The van der Waals surface area contributed by atoms with Crippen molar-refractivity contribution in [2.75, 3.05) is 5.73 Å². The van der Waals surface area contributed by atoms with E-state index in [0.717, 1.165) is 32.2 Å². The fraction of sp³-hybridized carbons (Fsp3) is 0.333. The monoisotopic (exact) mass is 609 g/mol. The predicted molar refractivity (Wildman–Crippen MR) is 155 cm³/mol. The zero-order valence-electron chi connectivity index (χ0n) is 23.1. The van der Waals surface area contributed by atoms with Crippen molar-refractivity contribution in [1.29, 1.82) is 0 Å². The minimum absolute atomic E-state index is 0.0607. The van der Waals surface area contributed by atoms with Crippen molar-refractivity contribution >= 4 is 44.2 Å². The van der Waals surface area contributed by atoms with Gasteiger partial charge in [-0.3, -0.25) is 9.67 Å². The highest BCUT2D eigenvalue weighted by Gasteiger charge is 2.42. The van der Waals surface area contributed by atoms with Crippen LogP contribution >= 0.6 is 11.3 Å². The van der Waals surface area contributed by atoms with E-state index in [-0.39, 0.29) is 11.9 Å². The van der Waals surface area contributed by atoms with Crippen LogP contribution in [0.15, 0.2) is 47.5 Å². The van der Waals surface area contributed by atoms with Crippen LogP contribution in [0.5, 0.6) is 0 Å². The van der Waals surface area contributed by atoms with Gasteiger partial charge in [0.15, 0.2) is 11.4 Å². The molecule has 3 N–H and O–H groups in total. The standard InChI is InChI=1S/C30H26F3N5O4S/c1-29(2,40)9-7-23-25(19-8-10-35-14-24(19)43-23)22-11-20-21(13-36-27(34)26(20)42-22)16-12-37-38(15-16)17-3-5-18(6-4-17)41-28(39)30(31,32)33/h8,10-15,17-18,40H,3-6H2,1-2H3,(H2,34,36). The molecule has 1 fully saturated rings. The van der Waals surface area contributed by atoms with Gasteiger partial charge in [-0.05, 0) is 51.7 Å². The van der Waals surface area contributed by atoms with Gasteiger partial charge in [0, 0.05) is 46.7 Å². The van der Waals surface area contributed by atoms with Gasteiger partial charge in [0.25, 0.3) is 0 Å². The van der Waals surface area contributed by atoms with Crippen molar-refractivity contribution in [2.24, 2.45) is 0 Å². The molecule has 0 saturated heterocycles. The molecule has 0 spiro atoms. The second-order valence-corrected chi connectivity index (χ2v) is 12.0. The first-order valence-electron chi connectivity index (χ1n) is 13.5. The molecule has 0 aliphatic heterocycles. The molecule has 0 radical (unpaired) electrons. The summed E-state index contributed by atoms with van der Waals surface area (Å²) >= 11 is 1.45. The van der Waals surface area contributed by atoms with Crippen LogP contribution in [0.25, 0.3) is 43.5 Å². The number of rotatable bonds is 4. The SMILES string of the molecule is CC(C)(O)C#Cc1sc2cnccc2c1-c1cc2c(-c3cnn(C4CCC(OC(=O)C(F)(F)F)CC4)c3)cnc(N)c2o1. The number of aromatic nitrogens is 4. The zero-order valence-corrected chi connectivity index (χ0v) is 23.9. The van der Waals surface area contributed by atoms with Crippen LogP contribution in [0.3, 0.4) is 0 Å². The third-order valence-electron chi connectivity index (χ3n) is 7.24. The minimum Gasteiger partial charge on any atom is -0.456 e. The Morgan fingerprint density at radius 2 is 1.95 bits per heavy atom. The highest BCUT2D eigenvalue weighted by atomic mass is 32.1. The number of thiophene rings is 1. The summed E-state index contributed by atoms with van der Waals surface area (Å²) in [4.78, 5) is 20.5. The largest absolute Gasteiger partial charge is 0.490 e. The lowest BCUT2D eigenvalue weighted by Gasteiger charge is -2.28. The molecule has 5 aromatic rings. The number of hydrogen-bond donors (Lipinski definition) is 2. The summed E-state index contributed by atoms with van der Waals surface area (Å²) in [6.07, 6.45) is 4.52. The lowest BCUT2D eigenvalue weighted by atomic mass is 9.93. The van der Waals surface area contributed by atoms with E-state index in [9.17, 15) is 23.1 Å². The lowest BCUT2D eigenvalue weighted by molar-refractivity contribution is -0.206. The van der Waals surface area contributed by atoms with Crippen LogP contribution < -0.4 is 5.73 Å². The number of aliphatic hydroxyl groups is 1. The number of esters is 1. The van der Waals surface area contributed by atoms with Crippen LogP contribution in [0.1, 0.15) is 50.4 Å². The van der Waals surface area contributed by atoms with E-state index in [1.54, 1.807) is 43.3 Å². The normalized spacial score (nSPS) is 17.6. The number of carbonyl (C=O) groups excluding carboxylic acids is 1. The molecule has 5 heterocycles. The van der Waals surface area contributed by atoms with Crippen LogP contribution in [-0.2, 0) is 9.53 Å². The van der Waals surface area contributed by atoms with E-state index < -0.39 is 23.9 Å². The summed E-state index contributed by atoms with van der Waals surface area (Å²) in [5.74, 6) is 4.57. The van der Waals surface area contributed by atoms with E-state index in [1.807, 2.05) is 18.3 Å². The van der Waals surface area contributed by atoms with Gasteiger partial charge < -0.3 is 20.0 Å². The molecule has 5 aromatic heterocycles. The Labute approximate surface area is 247 Å². The maximum Gasteiger partial charge on any atom is 0.490 e. The minimum atomic E-state index is -5.00. The number of anilines is 1. The fourth-order valence-corrected chi connectivity index (χ4v) is 6.24. The zero-order chi connectivity index (χ0) is 30.5. The number of alkyl halides is 3. The molecule has 9 nitrogen and oxygen atoms in total. The average molecular weight is 610 g/mol. The summed E-state index contributed by atoms with van der Waals surface area (Å²) in [7, 11) is 0. The molecular formula is C30H26F3N5O4S. The van der Waals surface area contributed by atoms with Gasteiger partial charge in [0.2, 0.25) is 0 Å². The molecule has 0 atom stereocenters. The van der Waals surface area contributed by atoms with Crippen LogP contribution in [0.2, 0.25) is 0 Å². The summed E-state index contributed by atoms with van der Waals surface area (Å²) in [5, 5.41) is 16.3. The predicted octanol–water partition coefficient (Wildman–Crippen LogP) is 6.26. The number of carbonyl (C=O) groups is 1. The average Bonchev–Trinajstić information content (AvgIpc) is 3.69. The van der Waals surface area contributed by atoms with E-state index in [2.05, 4.69) is 31.6 Å². The summed E-state index contributed by atoms with van der Waals surface area (Å²) in [6, 6.07) is 3.71.